The molecule has 94 valence electrons. The van der Waals surface area contributed by atoms with E-state index in [1.54, 1.807) is 7.11 Å². The Labute approximate surface area is 104 Å². The van der Waals surface area contributed by atoms with E-state index in [0.29, 0.717) is 13.0 Å². The molecule has 0 aliphatic carbocycles. The molecule has 18 heavy (non-hydrogen) atoms. The van der Waals surface area contributed by atoms with E-state index in [-0.39, 0.29) is 11.7 Å². The number of aromatic amines is 1. The van der Waals surface area contributed by atoms with Gasteiger partial charge in [0.1, 0.15) is 12.1 Å². The largest absolute Gasteiger partial charge is 0.496 e. The maximum Gasteiger partial charge on any atom is 0.288 e. The normalized spacial score (nSPS) is 10.1. The SMILES string of the molecule is COc1ccccc1CCNC(=O)c1ncn[nH]1. The van der Waals surface area contributed by atoms with Crippen molar-refractivity contribution in [1.82, 2.24) is 20.5 Å². The van der Waals surface area contributed by atoms with Crippen molar-refractivity contribution in [2.75, 3.05) is 13.7 Å². The average molecular weight is 246 g/mol. The first kappa shape index (κ1) is 12.1. The molecular formula is C12H14N4O2. The lowest BCUT2D eigenvalue weighted by Crippen LogP contribution is -2.26. The van der Waals surface area contributed by atoms with E-state index >= 15 is 0 Å². The van der Waals surface area contributed by atoms with Crippen LogP contribution >= 0.6 is 0 Å². The summed E-state index contributed by atoms with van der Waals surface area (Å²) in [6, 6.07) is 7.72. The number of ether oxygens (including phenoxy) is 1. The number of aromatic nitrogens is 3. The second kappa shape index (κ2) is 5.81. The van der Waals surface area contributed by atoms with Crippen molar-refractivity contribution < 1.29 is 9.53 Å². The predicted molar refractivity (Wildman–Crippen MR) is 65.4 cm³/mol. The summed E-state index contributed by atoms with van der Waals surface area (Å²) < 4.78 is 5.23. The second-order valence-corrected chi connectivity index (χ2v) is 3.65. The zero-order chi connectivity index (χ0) is 12.8. The fourth-order valence-corrected chi connectivity index (χ4v) is 1.62. The molecule has 0 saturated heterocycles. The molecule has 0 bridgehead atoms. The van der Waals surface area contributed by atoms with Crippen LogP contribution in [0.3, 0.4) is 0 Å². The Morgan fingerprint density at radius 3 is 3.00 bits per heavy atom. The van der Waals surface area contributed by atoms with E-state index in [4.69, 9.17) is 4.74 Å². The number of nitrogens with one attached hydrogen (secondary N) is 2. The predicted octanol–water partition coefficient (Wildman–Crippen LogP) is 0.786. The van der Waals surface area contributed by atoms with Gasteiger partial charge in [0.05, 0.1) is 7.11 Å². The number of hydrogen-bond acceptors (Lipinski definition) is 4. The number of benzene rings is 1. The zero-order valence-corrected chi connectivity index (χ0v) is 10.0. The number of rotatable bonds is 5. The van der Waals surface area contributed by atoms with Gasteiger partial charge in [0.25, 0.3) is 5.91 Å². The summed E-state index contributed by atoms with van der Waals surface area (Å²) in [5.41, 5.74) is 1.05. The van der Waals surface area contributed by atoms with Crippen LogP contribution in [0.5, 0.6) is 5.75 Å². The van der Waals surface area contributed by atoms with Crippen LogP contribution in [0.1, 0.15) is 16.2 Å². The van der Waals surface area contributed by atoms with Gasteiger partial charge in [-0.2, -0.15) is 5.10 Å². The van der Waals surface area contributed by atoms with Gasteiger partial charge in [0, 0.05) is 6.54 Å². The topological polar surface area (TPSA) is 79.9 Å². The van der Waals surface area contributed by atoms with Gasteiger partial charge in [-0.3, -0.25) is 9.89 Å². The number of amides is 1. The molecule has 6 heteroatoms. The fourth-order valence-electron chi connectivity index (χ4n) is 1.62. The molecule has 1 heterocycles. The molecule has 2 N–H and O–H groups in total. The third-order valence-corrected chi connectivity index (χ3v) is 2.50. The van der Waals surface area contributed by atoms with E-state index in [1.807, 2.05) is 24.3 Å². The van der Waals surface area contributed by atoms with Crippen molar-refractivity contribution in [1.29, 1.82) is 0 Å². The maximum atomic E-state index is 11.6. The van der Waals surface area contributed by atoms with Crippen LogP contribution in [0.4, 0.5) is 0 Å². The molecule has 0 fully saturated rings. The van der Waals surface area contributed by atoms with Gasteiger partial charge in [0.15, 0.2) is 0 Å². The van der Waals surface area contributed by atoms with Crippen molar-refractivity contribution >= 4 is 5.91 Å². The Balaban J connectivity index is 1.87. The Morgan fingerprint density at radius 1 is 1.44 bits per heavy atom. The molecule has 1 aromatic carbocycles. The zero-order valence-electron chi connectivity index (χ0n) is 10.0. The lowest BCUT2D eigenvalue weighted by Gasteiger charge is -2.08. The minimum absolute atomic E-state index is 0.218. The first-order valence-electron chi connectivity index (χ1n) is 5.56. The third-order valence-electron chi connectivity index (χ3n) is 2.50. The van der Waals surface area contributed by atoms with Gasteiger partial charge in [0.2, 0.25) is 5.82 Å². The molecule has 2 aromatic rings. The van der Waals surface area contributed by atoms with E-state index in [1.165, 1.54) is 6.33 Å². The monoisotopic (exact) mass is 246 g/mol. The minimum Gasteiger partial charge on any atom is -0.496 e. The molecule has 0 aliphatic rings. The van der Waals surface area contributed by atoms with Crippen molar-refractivity contribution in [3.63, 3.8) is 0 Å². The molecular weight excluding hydrogens is 232 g/mol. The van der Waals surface area contributed by atoms with E-state index in [2.05, 4.69) is 20.5 Å². The van der Waals surface area contributed by atoms with Gasteiger partial charge >= 0.3 is 0 Å². The molecule has 0 unspecified atom stereocenters. The van der Waals surface area contributed by atoms with Gasteiger partial charge in [-0.15, -0.1) is 0 Å². The first-order valence-corrected chi connectivity index (χ1v) is 5.56. The Hall–Kier alpha value is -2.37. The van der Waals surface area contributed by atoms with Crippen molar-refractivity contribution in [3.05, 3.63) is 42.0 Å². The van der Waals surface area contributed by atoms with Gasteiger partial charge in [-0.1, -0.05) is 18.2 Å². The van der Waals surface area contributed by atoms with E-state index in [0.717, 1.165) is 11.3 Å². The van der Waals surface area contributed by atoms with Crippen molar-refractivity contribution in [2.45, 2.75) is 6.42 Å². The molecule has 1 aromatic heterocycles. The second-order valence-electron chi connectivity index (χ2n) is 3.65. The van der Waals surface area contributed by atoms with Crippen LogP contribution in [-0.2, 0) is 6.42 Å². The Morgan fingerprint density at radius 2 is 2.28 bits per heavy atom. The van der Waals surface area contributed by atoms with Gasteiger partial charge in [-0.05, 0) is 18.1 Å². The molecule has 0 saturated carbocycles. The molecule has 6 nitrogen and oxygen atoms in total. The highest BCUT2D eigenvalue weighted by molar-refractivity contribution is 5.90. The molecule has 2 rings (SSSR count). The molecule has 0 radical (unpaired) electrons. The van der Waals surface area contributed by atoms with Crippen molar-refractivity contribution in [3.8, 4) is 5.75 Å². The summed E-state index contributed by atoms with van der Waals surface area (Å²) >= 11 is 0. The summed E-state index contributed by atoms with van der Waals surface area (Å²) in [5.74, 6) is 0.781. The number of methoxy groups -OCH3 is 1. The fraction of sp³-hybridized carbons (Fsp3) is 0.250. The first-order chi connectivity index (χ1) is 8.81. The quantitative estimate of drug-likeness (QED) is 0.817. The van der Waals surface area contributed by atoms with Gasteiger partial charge < -0.3 is 10.1 Å². The van der Waals surface area contributed by atoms with Crippen LogP contribution in [-0.4, -0.2) is 34.7 Å². The minimum atomic E-state index is -0.262. The van der Waals surface area contributed by atoms with Crippen LogP contribution in [0.15, 0.2) is 30.6 Å². The Kier molecular flexibility index (Phi) is 3.90. The number of carbonyl (C=O) groups excluding carboxylic acids is 1. The standard InChI is InChI=1S/C12H14N4O2/c1-18-10-5-3-2-4-9(10)6-7-13-12(17)11-14-8-15-16-11/h2-5,8H,6-7H2,1H3,(H,13,17)(H,14,15,16). The van der Waals surface area contributed by atoms with Crippen LogP contribution < -0.4 is 10.1 Å². The smallest absolute Gasteiger partial charge is 0.288 e. The van der Waals surface area contributed by atoms with Crippen molar-refractivity contribution in [2.24, 2.45) is 0 Å². The number of hydrogen-bond donors (Lipinski definition) is 2. The molecule has 0 aliphatic heterocycles. The number of para-hydroxylation sites is 1. The van der Waals surface area contributed by atoms with Crippen LogP contribution in [0, 0.1) is 0 Å². The Bertz CT molecular complexity index is 511. The maximum absolute atomic E-state index is 11.6. The molecule has 0 atom stereocenters. The third kappa shape index (κ3) is 2.85. The van der Waals surface area contributed by atoms with Crippen LogP contribution in [0.25, 0.3) is 0 Å². The highest BCUT2D eigenvalue weighted by atomic mass is 16.5. The number of H-pyrrole nitrogens is 1. The highest BCUT2D eigenvalue weighted by Gasteiger charge is 2.08. The number of carbonyl (C=O) groups is 1. The lowest BCUT2D eigenvalue weighted by atomic mass is 10.1. The number of nitrogens with zero attached hydrogens (tertiary/aromatic N) is 2. The summed E-state index contributed by atoms with van der Waals surface area (Å²) in [4.78, 5) is 15.3. The highest BCUT2D eigenvalue weighted by Crippen LogP contribution is 2.17. The summed E-state index contributed by atoms with van der Waals surface area (Å²) in [7, 11) is 1.63. The summed E-state index contributed by atoms with van der Waals surface area (Å²) in [6.07, 6.45) is 2.00. The van der Waals surface area contributed by atoms with Crippen LogP contribution in [0.2, 0.25) is 0 Å². The average Bonchev–Trinajstić information content (AvgIpc) is 2.93. The van der Waals surface area contributed by atoms with E-state index in [9.17, 15) is 4.79 Å². The van der Waals surface area contributed by atoms with Gasteiger partial charge in [-0.25, -0.2) is 4.98 Å². The molecule has 1 amide bonds. The summed E-state index contributed by atoms with van der Waals surface area (Å²) in [6.45, 7) is 0.514. The lowest BCUT2D eigenvalue weighted by molar-refractivity contribution is 0.0944. The summed E-state index contributed by atoms with van der Waals surface area (Å²) in [5, 5.41) is 8.89. The van der Waals surface area contributed by atoms with E-state index < -0.39 is 0 Å². The molecule has 0 spiro atoms.